The molecule has 10 nitrogen and oxygen atoms in total. The van der Waals surface area contributed by atoms with E-state index in [1.54, 1.807) is 4.57 Å². The van der Waals surface area contributed by atoms with Gasteiger partial charge >= 0.3 is 0 Å². The van der Waals surface area contributed by atoms with Gasteiger partial charge in [-0.05, 0) is 0 Å². The zero-order valence-electron chi connectivity index (χ0n) is 13.7. The van der Waals surface area contributed by atoms with Crippen LogP contribution >= 0.6 is 0 Å². The molecule has 1 amide bonds. The third kappa shape index (κ3) is 2.98. The monoisotopic (exact) mass is 348 g/mol. The zero-order valence-corrected chi connectivity index (χ0v) is 13.7. The lowest BCUT2D eigenvalue weighted by atomic mass is 10.0. The Labute approximate surface area is 142 Å². The van der Waals surface area contributed by atoms with E-state index in [1.165, 1.54) is 6.33 Å². The summed E-state index contributed by atoms with van der Waals surface area (Å²) in [6.07, 6.45) is 3.19. The SMILES string of the molecule is Nc1nc2c(ncn2CCC(=O)N2CCC3(CC2)OCCO3)c(=O)[nH]1. The number of aryl methyl sites for hydroxylation is 1. The van der Waals surface area contributed by atoms with E-state index < -0.39 is 5.79 Å². The van der Waals surface area contributed by atoms with Crippen molar-refractivity contribution in [3.05, 3.63) is 16.7 Å². The van der Waals surface area contributed by atoms with Gasteiger partial charge in [0.2, 0.25) is 11.9 Å². The molecule has 0 bridgehead atoms. The molecule has 0 saturated carbocycles. The van der Waals surface area contributed by atoms with Crippen molar-refractivity contribution in [2.24, 2.45) is 0 Å². The molecule has 0 radical (unpaired) electrons. The molecule has 1 spiro atoms. The summed E-state index contributed by atoms with van der Waals surface area (Å²) in [5.41, 5.74) is 5.80. The average Bonchev–Trinajstić information content (AvgIpc) is 3.21. The number of aromatic amines is 1. The zero-order chi connectivity index (χ0) is 17.4. The first-order valence-corrected chi connectivity index (χ1v) is 8.33. The van der Waals surface area contributed by atoms with Crippen LogP contribution < -0.4 is 11.3 Å². The molecule has 2 aromatic rings. The second-order valence-electron chi connectivity index (χ2n) is 6.30. The summed E-state index contributed by atoms with van der Waals surface area (Å²) in [6, 6.07) is 0. The number of hydrogen-bond acceptors (Lipinski definition) is 7. The van der Waals surface area contributed by atoms with Crippen molar-refractivity contribution in [1.29, 1.82) is 0 Å². The number of anilines is 1. The number of hydrogen-bond donors (Lipinski definition) is 2. The molecule has 2 aliphatic heterocycles. The van der Waals surface area contributed by atoms with E-state index in [0.717, 1.165) is 0 Å². The van der Waals surface area contributed by atoms with Crippen LogP contribution in [-0.4, -0.2) is 62.4 Å². The lowest BCUT2D eigenvalue weighted by Gasteiger charge is -2.37. The molecule has 25 heavy (non-hydrogen) atoms. The molecule has 0 atom stereocenters. The predicted octanol–water partition coefficient (Wildman–Crippen LogP) is -0.543. The lowest BCUT2D eigenvalue weighted by Crippen LogP contribution is -2.47. The van der Waals surface area contributed by atoms with Crippen LogP contribution in [0.5, 0.6) is 0 Å². The Kier molecular flexibility index (Phi) is 3.92. The van der Waals surface area contributed by atoms with Gasteiger partial charge in [0, 0.05) is 38.9 Å². The largest absolute Gasteiger partial charge is 0.369 e. The maximum Gasteiger partial charge on any atom is 0.280 e. The Balaban J connectivity index is 1.39. The number of nitrogens with two attached hydrogens (primary N) is 1. The highest BCUT2D eigenvalue weighted by Gasteiger charge is 2.40. The van der Waals surface area contributed by atoms with Gasteiger partial charge in [-0.15, -0.1) is 0 Å². The van der Waals surface area contributed by atoms with Gasteiger partial charge in [0.25, 0.3) is 5.56 Å². The number of rotatable bonds is 3. The number of likely N-dealkylation sites (tertiary alicyclic amines) is 1. The van der Waals surface area contributed by atoms with Crippen molar-refractivity contribution in [2.75, 3.05) is 32.0 Å². The van der Waals surface area contributed by atoms with E-state index in [2.05, 4.69) is 15.0 Å². The van der Waals surface area contributed by atoms with E-state index in [4.69, 9.17) is 15.2 Å². The topological polar surface area (TPSA) is 128 Å². The number of ether oxygens (including phenoxy) is 2. The Morgan fingerprint density at radius 2 is 2.04 bits per heavy atom. The molecule has 4 rings (SSSR count). The molecular weight excluding hydrogens is 328 g/mol. The minimum atomic E-state index is -0.486. The van der Waals surface area contributed by atoms with Crippen molar-refractivity contribution in [3.63, 3.8) is 0 Å². The van der Waals surface area contributed by atoms with Crippen LogP contribution in [-0.2, 0) is 20.8 Å². The smallest absolute Gasteiger partial charge is 0.280 e. The molecule has 3 N–H and O–H groups in total. The second-order valence-corrected chi connectivity index (χ2v) is 6.30. The first-order chi connectivity index (χ1) is 12.1. The Hall–Kier alpha value is -2.46. The van der Waals surface area contributed by atoms with Gasteiger partial charge in [-0.1, -0.05) is 0 Å². The Morgan fingerprint density at radius 1 is 1.32 bits per heavy atom. The number of imidazole rings is 1. The third-order valence-electron chi connectivity index (χ3n) is 4.75. The highest BCUT2D eigenvalue weighted by Crippen LogP contribution is 2.31. The van der Waals surface area contributed by atoms with Crippen molar-refractivity contribution in [3.8, 4) is 0 Å². The van der Waals surface area contributed by atoms with Gasteiger partial charge < -0.3 is 24.7 Å². The van der Waals surface area contributed by atoms with Gasteiger partial charge in [-0.2, -0.15) is 4.98 Å². The summed E-state index contributed by atoms with van der Waals surface area (Å²) in [5.74, 6) is -0.407. The first-order valence-electron chi connectivity index (χ1n) is 8.33. The van der Waals surface area contributed by atoms with Gasteiger partial charge in [0.05, 0.1) is 19.5 Å². The molecule has 2 aliphatic rings. The molecule has 10 heteroatoms. The average molecular weight is 348 g/mol. The number of amides is 1. The van der Waals surface area contributed by atoms with Crippen LogP contribution in [0.1, 0.15) is 19.3 Å². The number of carbonyl (C=O) groups excluding carboxylic acids is 1. The van der Waals surface area contributed by atoms with Crippen LogP contribution in [0.4, 0.5) is 5.95 Å². The minimum absolute atomic E-state index is 0.0310. The summed E-state index contributed by atoms with van der Waals surface area (Å²) < 4.78 is 13.0. The maximum atomic E-state index is 12.5. The van der Waals surface area contributed by atoms with Crippen LogP contribution in [0.3, 0.4) is 0 Å². The fourth-order valence-electron chi connectivity index (χ4n) is 3.39. The maximum absolute atomic E-state index is 12.5. The third-order valence-corrected chi connectivity index (χ3v) is 4.75. The van der Waals surface area contributed by atoms with E-state index >= 15 is 0 Å². The summed E-state index contributed by atoms with van der Waals surface area (Å²) in [6.45, 7) is 2.87. The number of nitrogen functional groups attached to an aromatic ring is 1. The van der Waals surface area contributed by atoms with Gasteiger partial charge in [0.1, 0.15) is 0 Å². The number of piperidine rings is 1. The van der Waals surface area contributed by atoms with E-state index in [-0.39, 0.29) is 22.9 Å². The quantitative estimate of drug-likeness (QED) is 0.762. The lowest BCUT2D eigenvalue weighted by molar-refractivity contribution is -0.187. The molecule has 0 unspecified atom stereocenters. The fraction of sp³-hybridized carbons (Fsp3) is 0.600. The summed E-state index contributed by atoms with van der Waals surface area (Å²) in [5, 5.41) is 0. The standard InChI is InChI=1S/C15H20N6O4/c16-14-18-12-11(13(23)19-14)17-9-21(12)4-1-10(22)20-5-2-15(3-6-20)24-7-8-25-15/h9H,1-8H2,(H3,16,18,19,23). The van der Waals surface area contributed by atoms with Crippen LogP contribution in [0.2, 0.25) is 0 Å². The number of H-pyrrole nitrogens is 1. The molecule has 4 heterocycles. The van der Waals surface area contributed by atoms with Gasteiger partial charge in [-0.25, -0.2) is 4.98 Å². The molecule has 2 aromatic heterocycles. The first kappa shape index (κ1) is 16.0. The van der Waals surface area contributed by atoms with Crippen molar-refractivity contribution >= 4 is 23.0 Å². The normalized spacial score (nSPS) is 19.8. The second kappa shape index (κ2) is 6.12. The number of fused-ring (bicyclic) bond motifs is 1. The summed E-state index contributed by atoms with van der Waals surface area (Å²) in [7, 11) is 0. The van der Waals surface area contributed by atoms with Gasteiger partial charge in [0.15, 0.2) is 17.0 Å². The van der Waals surface area contributed by atoms with E-state index in [9.17, 15) is 9.59 Å². The Bertz CT molecular complexity index is 843. The summed E-state index contributed by atoms with van der Waals surface area (Å²) >= 11 is 0. The van der Waals surface area contributed by atoms with E-state index in [1.807, 2.05) is 4.90 Å². The van der Waals surface area contributed by atoms with Crippen LogP contribution in [0.15, 0.2) is 11.1 Å². The molecule has 2 saturated heterocycles. The van der Waals surface area contributed by atoms with Crippen molar-refractivity contribution in [2.45, 2.75) is 31.6 Å². The van der Waals surface area contributed by atoms with Crippen LogP contribution in [0, 0.1) is 0 Å². The molecular formula is C15H20N6O4. The fourth-order valence-corrected chi connectivity index (χ4v) is 3.39. The molecule has 0 aromatic carbocycles. The number of nitrogens with one attached hydrogen (secondary N) is 1. The highest BCUT2D eigenvalue weighted by molar-refractivity contribution is 5.76. The van der Waals surface area contributed by atoms with Crippen LogP contribution in [0.25, 0.3) is 11.2 Å². The van der Waals surface area contributed by atoms with E-state index in [0.29, 0.717) is 57.8 Å². The summed E-state index contributed by atoms with van der Waals surface area (Å²) in [4.78, 5) is 36.6. The molecule has 2 fully saturated rings. The van der Waals surface area contributed by atoms with Crippen molar-refractivity contribution in [1.82, 2.24) is 24.4 Å². The predicted molar refractivity (Wildman–Crippen MR) is 87.6 cm³/mol. The number of carbonyl (C=O) groups is 1. The molecule has 134 valence electrons. The number of nitrogens with zero attached hydrogens (tertiary/aromatic N) is 4. The highest BCUT2D eigenvalue weighted by atomic mass is 16.7. The van der Waals surface area contributed by atoms with Crippen molar-refractivity contribution < 1.29 is 14.3 Å². The minimum Gasteiger partial charge on any atom is -0.369 e. The Morgan fingerprint density at radius 3 is 2.76 bits per heavy atom. The molecule has 0 aliphatic carbocycles. The number of aromatic nitrogens is 4. The van der Waals surface area contributed by atoms with Gasteiger partial charge in [-0.3, -0.25) is 14.6 Å².